The van der Waals surface area contributed by atoms with Crippen LogP contribution in [0.2, 0.25) is 0 Å². The van der Waals surface area contributed by atoms with Crippen molar-refractivity contribution < 1.29 is 331 Å². The number of rotatable bonds is 43. The Bertz CT molecular complexity index is 4120. The molecule has 11 rings (SSSR count). The zero-order chi connectivity index (χ0) is 108. The number of nitrogens with one attached hydrogen (secondary N) is 1. The van der Waals surface area contributed by atoms with Crippen molar-refractivity contribution in [2.24, 2.45) is 5.73 Å². The molecule has 848 valence electrons. The number of carboxylic acid groups (broad SMARTS) is 3. The maximum atomic E-state index is 14.5. The van der Waals surface area contributed by atoms with Gasteiger partial charge < -0.3 is 309 Å². The first-order valence-electron chi connectivity index (χ1n) is 45.0. The molecule has 0 aromatic rings. The summed E-state index contributed by atoms with van der Waals surface area (Å²) in [4.78, 5) is 63.2. The predicted octanol–water partition coefficient (Wildman–Crippen LogP) is -27.3. The smallest absolute Gasteiger partial charge is 0.472 e. The normalized spacial score (nSPS) is 48.3. The highest BCUT2D eigenvalue weighted by Crippen LogP contribution is 2.49. The van der Waals surface area contributed by atoms with Crippen molar-refractivity contribution in [3.05, 3.63) is 0 Å². The van der Waals surface area contributed by atoms with Crippen molar-refractivity contribution in [3.63, 3.8) is 0 Å². The molecule has 0 aromatic heterocycles. The third-order valence-corrected chi connectivity index (χ3v) is 26.8. The maximum Gasteiger partial charge on any atom is 0.472 e. The molecule has 0 spiro atoms. The summed E-state index contributed by atoms with van der Waals surface area (Å²) in [7, 11) is -6.09. The van der Waals surface area contributed by atoms with Crippen molar-refractivity contribution in [1.82, 2.24) is 5.32 Å². The van der Waals surface area contributed by atoms with Crippen molar-refractivity contribution in [2.45, 2.75) is 375 Å². The number of hydrogen-bond acceptors (Lipinski definition) is 64. The zero-order valence-corrected chi connectivity index (χ0v) is 76.8. The lowest BCUT2D eigenvalue weighted by Gasteiger charge is -2.52. The molecule has 70 heteroatoms. The van der Waals surface area contributed by atoms with Crippen LogP contribution in [0.15, 0.2) is 0 Å². The van der Waals surface area contributed by atoms with Crippen LogP contribution in [0.5, 0.6) is 0 Å². The van der Waals surface area contributed by atoms with E-state index in [1.807, 2.05) is 0 Å². The molecular formula is C76H127N2O67P. The van der Waals surface area contributed by atoms with Gasteiger partial charge in [0, 0.05) is 19.9 Å². The third kappa shape index (κ3) is 27.0. The number of carbonyl (C=O) groups excluding carboxylic acids is 1. The largest absolute Gasteiger partial charge is 0.479 e. The second-order valence-corrected chi connectivity index (χ2v) is 37.3. The molecule has 11 aliphatic rings. The standard InChI is InChI=1S/C76H127N2O67P/c1-14(84)78-25-30(94)28(92)22(11-125-68-41(105)34(98)37(101)50(132-68)16(86)5-79)130-65(25)138-57-47(111)60(141-70-44(108)32(96)27(91)21(9-83)129-70)74(143-62(57)64(116)117)137-56-46(110)55(24(145-146(121,122)127-3-2-77)13-126-69-42(106)35(99)38(102)51(133-69)19(89)10-123-67-43(107)36(100)39(103)59(140-67)63(114)115)136-72(48(56)112)139-58-49(113)73(134-52-15(85)4-76(120,75(118)119)144-54(52)18(88)7-81)135-53(17(87)6-80)61(58)142-71-45(109)33(97)29(93)23(131-71)12-124-66-40(104)31(95)26(90)20(8-82)128-66/h15-62,65-74,79-83,85-113,120H,2-13,77H2,1H3,(H,78,84)(H,114,115)(H,116,117)(H,118,119)(H,121,122)/t15-,16-,17+,18-,19+,20-,21-,22-,23-,24+,25-,26-,27-,28-,29-,30-,31+,32+,33+,34+,35+,36+,37+,38+,39-,40-,41+,42+,43-,44-,45-,46-,47+,48+,49+,50-,51-,52-,53-,54-,55-,56+,57-,58-,59+,60-,61-,62+,65+,66+,67-,68+,69-,70-,71+,72-,73+,74+,76-/m1/s1. The van der Waals surface area contributed by atoms with E-state index >= 15 is 0 Å². The van der Waals surface area contributed by atoms with E-state index in [2.05, 4.69) is 5.32 Å². The van der Waals surface area contributed by atoms with E-state index in [1.54, 1.807) is 0 Å². The van der Waals surface area contributed by atoms with Gasteiger partial charge in [-0.2, -0.15) is 0 Å². The van der Waals surface area contributed by atoms with Crippen molar-refractivity contribution in [3.8, 4) is 0 Å². The van der Waals surface area contributed by atoms with Crippen molar-refractivity contribution in [1.29, 1.82) is 0 Å². The SMILES string of the molecule is CC(=O)N[C@H]1[C@H](O[C@@H]2[C@H](O)[C@@H](O[C@H]3O[C@H](CO)[C@@H](O)[C@H](O)[C@H]3O)[C@@H](O[C@@H]3[C@H](O)[C@@H](O[C@@H]4[C@H](O)[C@@H](O[C@H]5[C@@H]([C@H](O)CO)O[C@@](O)(C(=O)O)C[C@H]5O)O[C@H]([C@@H](O)CO)[C@H]4O[C@@H]4O[C@H](CO[C@H]5O[C@H](CO)[C@@H](O)[C@H](O)[C@H]5O)[C@@H](O)[C@H](O)[C@H]4O)O[C@H]([C@H](CO[C@@H]4O[C@H]([C@@H](O)CO[C@@H]5O[C@H](C(=O)O)[C@H](O)[C@H](O)[C@H]5O)[C@@H](O)[C@H](O)[C@@H]4O)OP(=O)(O)OCCN)[C@H]3O)O[C@@H]2C(=O)O)O[C@H](CO[C@H]2O[C@H]([C@H](O)CO)[C@@H](O)[C@H](O)[C@@H]2O)[C@@H](O)[C@@H]1O. The van der Waals surface area contributed by atoms with Crippen LogP contribution in [0.3, 0.4) is 0 Å². The molecular weight excluding hydrogens is 2040 g/mol. The summed E-state index contributed by atoms with van der Waals surface area (Å²) in [6, 6.07) is -2.22. The average Bonchev–Trinajstić information content (AvgIpc) is 0.746. The lowest BCUT2D eigenvalue weighted by atomic mass is 9.91. The van der Waals surface area contributed by atoms with Gasteiger partial charge in [0.1, 0.15) is 275 Å². The number of carboxylic acids is 3. The molecule has 11 fully saturated rings. The Balaban J connectivity index is 1.04. The quantitative estimate of drug-likeness (QED) is 0.0252. The average molecular weight is 2170 g/mol. The number of amides is 1. The minimum atomic E-state index is -6.09. The zero-order valence-electron chi connectivity index (χ0n) is 75.9. The van der Waals surface area contributed by atoms with Crippen molar-refractivity contribution >= 4 is 31.6 Å². The summed E-state index contributed by atoms with van der Waals surface area (Å²) in [5.41, 5.74) is 5.62. The molecule has 0 saturated carbocycles. The van der Waals surface area contributed by atoms with Crippen LogP contribution in [-0.2, 0) is 132 Å². The van der Waals surface area contributed by atoms with E-state index in [-0.39, 0.29) is 0 Å². The van der Waals surface area contributed by atoms with E-state index in [9.17, 15) is 223 Å². The van der Waals surface area contributed by atoms with Crippen molar-refractivity contribution in [2.75, 3.05) is 72.6 Å². The van der Waals surface area contributed by atoms with Gasteiger partial charge in [-0.25, -0.2) is 18.9 Å². The summed E-state index contributed by atoms with van der Waals surface area (Å²) in [6.45, 7) is -13.1. The van der Waals surface area contributed by atoms with Gasteiger partial charge >= 0.3 is 25.7 Å². The second kappa shape index (κ2) is 52.0. The fourth-order valence-corrected chi connectivity index (χ4v) is 18.6. The third-order valence-electron chi connectivity index (χ3n) is 25.8. The molecule has 0 bridgehead atoms. The van der Waals surface area contributed by atoms with Gasteiger partial charge in [0.15, 0.2) is 75.1 Å². The number of hydrogen-bond donors (Lipinski definition) is 41. The van der Waals surface area contributed by atoms with Crippen LogP contribution in [0.4, 0.5) is 0 Å². The summed E-state index contributed by atoms with van der Waals surface area (Å²) < 4.78 is 146. The molecule has 0 aliphatic carbocycles. The number of aliphatic carboxylic acids is 3. The number of nitrogens with two attached hydrogens (primary N) is 1. The lowest BCUT2D eigenvalue weighted by Crippen LogP contribution is -2.71. The molecule has 146 heavy (non-hydrogen) atoms. The highest BCUT2D eigenvalue weighted by atomic mass is 31.2. The molecule has 60 atom stereocenters. The van der Waals surface area contributed by atoms with Gasteiger partial charge in [-0.05, 0) is 0 Å². The molecule has 1 amide bonds. The summed E-state index contributed by atoms with van der Waals surface area (Å²) >= 11 is 0. The molecule has 11 heterocycles. The maximum absolute atomic E-state index is 14.5. The van der Waals surface area contributed by atoms with Gasteiger partial charge in [-0.1, -0.05) is 0 Å². The predicted molar refractivity (Wildman–Crippen MR) is 434 cm³/mol. The van der Waals surface area contributed by atoms with Crippen LogP contribution < -0.4 is 11.1 Å². The number of phosphoric acid groups is 1. The van der Waals surface area contributed by atoms with E-state index in [0.29, 0.717) is 0 Å². The van der Waals surface area contributed by atoms with Crippen LogP contribution in [0.25, 0.3) is 0 Å². The van der Waals surface area contributed by atoms with Crippen LogP contribution >= 0.6 is 7.82 Å². The molecule has 69 nitrogen and oxygen atoms in total. The second-order valence-electron chi connectivity index (χ2n) is 35.9. The van der Waals surface area contributed by atoms with Gasteiger partial charge in [-0.3, -0.25) is 13.8 Å². The first-order valence-corrected chi connectivity index (χ1v) is 46.5. The van der Waals surface area contributed by atoms with E-state index in [0.717, 1.165) is 6.92 Å². The number of ether oxygens (including phenoxy) is 21. The lowest BCUT2D eigenvalue weighted by molar-refractivity contribution is -0.415. The molecule has 11 aliphatic heterocycles. The minimum Gasteiger partial charge on any atom is -0.479 e. The Kier molecular flexibility index (Phi) is 43.5. The Morgan fingerprint density at radius 1 is 0.363 bits per heavy atom. The van der Waals surface area contributed by atoms with Gasteiger partial charge in [-0.15, -0.1) is 0 Å². The van der Waals surface area contributed by atoms with Gasteiger partial charge in [0.25, 0.3) is 5.79 Å². The highest BCUT2D eigenvalue weighted by Gasteiger charge is 2.65. The van der Waals surface area contributed by atoms with Gasteiger partial charge in [0.2, 0.25) is 5.91 Å². The number of carbonyl (C=O) groups is 4. The van der Waals surface area contributed by atoms with E-state index in [4.69, 9.17) is 114 Å². The summed E-state index contributed by atoms with van der Waals surface area (Å²) in [5, 5.41) is 427. The fraction of sp³-hybridized carbons (Fsp3) is 0.947. The molecule has 0 aromatic carbocycles. The van der Waals surface area contributed by atoms with E-state index < -0.39 is 472 Å². The van der Waals surface area contributed by atoms with E-state index in [1.165, 1.54) is 0 Å². The topological polar surface area (TPSA) is 1120 Å². The fourth-order valence-electron chi connectivity index (χ4n) is 17.6. The Labute approximate surface area is 819 Å². The van der Waals surface area contributed by atoms with Gasteiger partial charge in [0.05, 0.1) is 72.2 Å². The number of aliphatic hydroxyl groups excluding tert-OH is 34. The first-order chi connectivity index (χ1) is 68.6. The Morgan fingerprint density at radius 3 is 1.25 bits per heavy atom. The first kappa shape index (κ1) is 122. The Hall–Kier alpha value is -4.29. The Morgan fingerprint density at radius 2 is 0.740 bits per heavy atom. The highest BCUT2D eigenvalue weighted by molar-refractivity contribution is 7.47. The number of phosphoric ester groups is 1. The number of aliphatic hydroxyl groups is 35. The van der Waals surface area contributed by atoms with Crippen LogP contribution in [0.1, 0.15) is 13.3 Å². The summed E-state index contributed by atoms with van der Waals surface area (Å²) in [5.74, 6) is -11.2. The van der Waals surface area contributed by atoms with Crippen LogP contribution in [-0.4, -0.2) is 657 Å². The molecule has 42 N–H and O–H groups in total. The monoisotopic (exact) mass is 2170 g/mol. The summed E-state index contributed by atoms with van der Waals surface area (Å²) in [6.07, 6.45) is -147. The molecule has 1 unspecified atom stereocenters. The molecule has 0 radical (unpaired) electrons. The molecule has 11 saturated heterocycles. The minimum absolute atomic E-state index is 0.707. The van der Waals surface area contributed by atoms with Crippen LogP contribution in [0, 0.1) is 0 Å².